The summed E-state index contributed by atoms with van der Waals surface area (Å²) in [4.78, 5) is 0. The lowest BCUT2D eigenvalue weighted by Gasteiger charge is -2.13. The van der Waals surface area contributed by atoms with Gasteiger partial charge < -0.3 is 14.8 Å². The molecule has 0 atom stereocenters. The highest BCUT2D eigenvalue weighted by Crippen LogP contribution is 2.29. The number of methoxy groups -OCH3 is 2. The molecule has 0 amide bonds. The molecule has 0 saturated heterocycles. The molecule has 3 nitrogen and oxygen atoms in total. The van der Waals surface area contributed by atoms with Gasteiger partial charge in [0, 0.05) is 18.2 Å². The zero-order chi connectivity index (χ0) is 14.5. The molecule has 4 heteroatoms. The van der Waals surface area contributed by atoms with E-state index in [1.165, 1.54) is 6.07 Å². The van der Waals surface area contributed by atoms with Gasteiger partial charge >= 0.3 is 0 Å². The molecule has 0 aromatic heterocycles. The van der Waals surface area contributed by atoms with Gasteiger partial charge in [0.15, 0.2) is 0 Å². The number of aryl methyl sites for hydroxylation is 1. The van der Waals surface area contributed by atoms with Crippen LogP contribution >= 0.6 is 0 Å². The minimum Gasteiger partial charge on any atom is -0.497 e. The van der Waals surface area contributed by atoms with Crippen LogP contribution in [0.3, 0.4) is 0 Å². The number of anilines is 1. The first-order chi connectivity index (χ1) is 9.63. The van der Waals surface area contributed by atoms with Crippen molar-refractivity contribution in [2.24, 2.45) is 0 Å². The maximum absolute atomic E-state index is 13.7. The van der Waals surface area contributed by atoms with E-state index in [9.17, 15) is 4.39 Å². The quantitative estimate of drug-likeness (QED) is 0.901. The van der Waals surface area contributed by atoms with Crippen LogP contribution in [0.1, 0.15) is 11.1 Å². The highest BCUT2D eigenvalue weighted by atomic mass is 19.1. The molecule has 0 fully saturated rings. The third-order valence-corrected chi connectivity index (χ3v) is 3.08. The van der Waals surface area contributed by atoms with Gasteiger partial charge in [-0.3, -0.25) is 0 Å². The molecule has 0 saturated carbocycles. The lowest BCUT2D eigenvalue weighted by Crippen LogP contribution is -2.04. The van der Waals surface area contributed by atoms with Crippen LogP contribution in [0.5, 0.6) is 11.5 Å². The summed E-state index contributed by atoms with van der Waals surface area (Å²) in [6.45, 7) is 2.33. The molecule has 2 aromatic rings. The van der Waals surface area contributed by atoms with Crippen LogP contribution in [0.2, 0.25) is 0 Å². The molecule has 0 aliphatic rings. The fourth-order valence-electron chi connectivity index (χ4n) is 1.98. The molecule has 20 heavy (non-hydrogen) atoms. The zero-order valence-electron chi connectivity index (χ0n) is 11.9. The second-order valence-corrected chi connectivity index (χ2v) is 4.51. The number of ether oxygens (including phenoxy) is 2. The van der Waals surface area contributed by atoms with Gasteiger partial charge in [0.05, 0.1) is 19.9 Å². The van der Waals surface area contributed by atoms with Crippen LogP contribution in [0.4, 0.5) is 10.1 Å². The largest absolute Gasteiger partial charge is 0.497 e. The summed E-state index contributed by atoms with van der Waals surface area (Å²) in [6.07, 6.45) is 0. The van der Waals surface area contributed by atoms with Gasteiger partial charge in [-0.15, -0.1) is 0 Å². The minimum atomic E-state index is -0.218. The Hall–Kier alpha value is -2.23. The van der Waals surface area contributed by atoms with Crippen molar-refractivity contribution in [3.8, 4) is 11.5 Å². The van der Waals surface area contributed by atoms with E-state index in [0.717, 1.165) is 17.0 Å². The maximum Gasteiger partial charge on any atom is 0.142 e. The van der Waals surface area contributed by atoms with Crippen molar-refractivity contribution in [3.05, 3.63) is 53.3 Å². The molecule has 106 valence electrons. The predicted octanol–water partition coefficient (Wildman–Crippen LogP) is 3.76. The van der Waals surface area contributed by atoms with Crippen molar-refractivity contribution in [2.75, 3.05) is 19.5 Å². The first-order valence-corrected chi connectivity index (χ1v) is 6.35. The molecular formula is C16H18FNO2. The summed E-state index contributed by atoms with van der Waals surface area (Å²) in [5.74, 6) is 1.20. The summed E-state index contributed by atoms with van der Waals surface area (Å²) in [5.41, 5.74) is 2.42. The summed E-state index contributed by atoms with van der Waals surface area (Å²) in [5, 5.41) is 3.18. The van der Waals surface area contributed by atoms with Gasteiger partial charge in [0.25, 0.3) is 0 Å². The Morgan fingerprint density at radius 2 is 1.85 bits per heavy atom. The molecule has 0 radical (unpaired) electrons. The molecule has 0 spiro atoms. The van der Waals surface area contributed by atoms with Crippen molar-refractivity contribution >= 4 is 5.69 Å². The number of nitrogens with one attached hydrogen (secondary N) is 1. The molecule has 0 heterocycles. The summed E-state index contributed by atoms with van der Waals surface area (Å²) >= 11 is 0. The van der Waals surface area contributed by atoms with Gasteiger partial charge in [-0.25, -0.2) is 4.39 Å². The van der Waals surface area contributed by atoms with Crippen molar-refractivity contribution in [1.29, 1.82) is 0 Å². The van der Waals surface area contributed by atoms with Crippen molar-refractivity contribution < 1.29 is 13.9 Å². The van der Waals surface area contributed by atoms with Gasteiger partial charge in [-0.1, -0.05) is 17.7 Å². The summed E-state index contributed by atoms with van der Waals surface area (Å²) < 4.78 is 24.2. The third kappa shape index (κ3) is 3.20. The highest BCUT2D eigenvalue weighted by Gasteiger charge is 2.07. The number of rotatable bonds is 5. The van der Waals surface area contributed by atoms with Crippen LogP contribution in [-0.2, 0) is 6.54 Å². The average molecular weight is 275 g/mol. The number of halogens is 1. The number of hydrogen-bond acceptors (Lipinski definition) is 3. The Morgan fingerprint density at radius 1 is 1.05 bits per heavy atom. The van der Waals surface area contributed by atoms with Crippen LogP contribution in [-0.4, -0.2) is 14.2 Å². The van der Waals surface area contributed by atoms with E-state index in [-0.39, 0.29) is 5.82 Å². The van der Waals surface area contributed by atoms with E-state index < -0.39 is 0 Å². The topological polar surface area (TPSA) is 30.5 Å². The van der Waals surface area contributed by atoms with E-state index in [4.69, 9.17) is 9.47 Å². The monoisotopic (exact) mass is 275 g/mol. The Kier molecular flexibility index (Phi) is 4.45. The van der Waals surface area contributed by atoms with Crippen LogP contribution in [0.25, 0.3) is 0 Å². The summed E-state index contributed by atoms with van der Waals surface area (Å²) in [7, 11) is 3.20. The SMILES string of the molecule is COc1ccc(OC)c(NCc2cc(C)ccc2F)c1. The van der Waals surface area contributed by atoms with Crippen LogP contribution < -0.4 is 14.8 Å². The predicted molar refractivity (Wildman–Crippen MR) is 78.0 cm³/mol. The van der Waals surface area contributed by atoms with Gasteiger partial charge in [-0.2, -0.15) is 0 Å². The standard InChI is InChI=1S/C16H18FNO2/c1-11-4-6-14(17)12(8-11)10-18-15-9-13(19-2)5-7-16(15)20-3/h4-9,18H,10H2,1-3H3. The van der Waals surface area contributed by atoms with E-state index in [0.29, 0.717) is 17.9 Å². The van der Waals surface area contributed by atoms with Gasteiger partial charge in [0.1, 0.15) is 17.3 Å². The molecule has 0 aliphatic carbocycles. The fraction of sp³-hybridized carbons (Fsp3) is 0.250. The second-order valence-electron chi connectivity index (χ2n) is 4.51. The lowest BCUT2D eigenvalue weighted by molar-refractivity contribution is 0.404. The Bertz CT molecular complexity index is 599. The van der Waals surface area contributed by atoms with Crippen LogP contribution in [0, 0.1) is 12.7 Å². The first kappa shape index (κ1) is 14.2. The maximum atomic E-state index is 13.7. The molecule has 0 unspecified atom stereocenters. The molecule has 1 N–H and O–H groups in total. The van der Waals surface area contributed by atoms with E-state index in [1.807, 2.05) is 31.2 Å². The van der Waals surface area contributed by atoms with Crippen LogP contribution in [0.15, 0.2) is 36.4 Å². The Balaban J connectivity index is 2.19. The first-order valence-electron chi connectivity index (χ1n) is 6.35. The van der Waals surface area contributed by atoms with E-state index in [2.05, 4.69) is 5.32 Å². The van der Waals surface area contributed by atoms with Crippen molar-refractivity contribution in [1.82, 2.24) is 0 Å². The highest BCUT2D eigenvalue weighted by molar-refractivity contribution is 5.60. The summed E-state index contributed by atoms with van der Waals surface area (Å²) in [6, 6.07) is 10.5. The normalized spacial score (nSPS) is 10.2. The molecule has 2 rings (SSSR count). The molecule has 0 bridgehead atoms. The average Bonchev–Trinajstić information content (AvgIpc) is 2.47. The third-order valence-electron chi connectivity index (χ3n) is 3.08. The van der Waals surface area contributed by atoms with Crippen molar-refractivity contribution in [3.63, 3.8) is 0 Å². The van der Waals surface area contributed by atoms with E-state index in [1.54, 1.807) is 20.3 Å². The zero-order valence-corrected chi connectivity index (χ0v) is 11.9. The molecular weight excluding hydrogens is 257 g/mol. The Morgan fingerprint density at radius 3 is 2.55 bits per heavy atom. The van der Waals surface area contributed by atoms with E-state index >= 15 is 0 Å². The molecule has 2 aromatic carbocycles. The lowest BCUT2D eigenvalue weighted by atomic mass is 10.1. The number of hydrogen-bond donors (Lipinski definition) is 1. The number of benzene rings is 2. The Labute approximate surface area is 118 Å². The minimum absolute atomic E-state index is 0.218. The van der Waals surface area contributed by atoms with Crippen molar-refractivity contribution in [2.45, 2.75) is 13.5 Å². The smallest absolute Gasteiger partial charge is 0.142 e. The van der Waals surface area contributed by atoms with Gasteiger partial charge in [-0.05, 0) is 25.1 Å². The van der Waals surface area contributed by atoms with Gasteiger partial charge in [0.2, 0.25) is 0 Å². The fourth-order valence-corrected chi connectivity index (χ4v) is 1.98. The second kappa shape index (κ2) is 6.28. The molecule has 0 aliphatic heterocycles.